The fourth-order valence-electron chi connectivity index (χ4n) is 2.36. The third-order valence-corrected chi connectivity index (χ3v) is 3.86. The van der Waals surface area contributed by atoms with E-state index >= 15 is 0 Å². The van der Waals surface area contributed by atoms with Gasteiger partial charge in [0.1, 0.15) is 5.82 Å². The molecule has 1 aromatic heterocycles. The van der Waals surface area contributed by atoms with Gasteiger partial charge < -0.3 is 10.6 Å². The molecule has 4 heteroatoms. The molecule has 19 heavy (non-hydrogen) atoms. The van der Waals surface area contributed by atoms with Gasteiger partial charge in [0.15, 0.2) is 0 Å². The van der Waals surface area contributed by atoms with Crippen molar-refractivity contribution in [3.63, 3.8) is 0 Å². The molecule has 0 amide bonds. The zero-order chi connectivity index (χ0) is 14.0. The zero-order valence-electron chi connectivity index (χ0n) is 11.9. The zero-order valence-corrected chi connectivity index (χ0v) is 12.7. The minimum absolute atomic E-state index is 0.257. The highest BCUT2D eigenvalue weighted by Gasteiger charge is 2.22. The average molecular weight is 280 g/mol. The third kappa shape index (κ3) is 3.28. The molecule has 0 aromatic carbocycles. The Morgan fingerprint density at radius 1 is 1.42 bits per heavy atom. The van der Waals surface area contributed by atoms with Crippen molar-refractivity contribution >= 4 is 17.4 Å². The minimum atomic E-state index is 0.257. The molecule has 0 spiro atoms. The Hall–Kier alpha value is -1.06. The van der Waals surface area contributed by atoms with Gasteiger partial charge in [0.2, 0.25) is 0 Å². The molecule has 0 atom stereocenters. The number of rotatable bonds is 2. The second kappa shape index (κ2) is 5.51. The first-order valence-electron chi connectivity index (χ1n) is 6.71. The van der Waals surface area contributed by atoms with Crippen molar-refractivity contribution < 1.29 is 0 Å². The highest BCUT2D eigenvalue weighted by molar-refractivity contribution is 6.33. The molecular weight excluding hydrogens is 258 g/mol. The van der Waals surface area contributed by atoms with Crippen molar-refractivity contribution in [3.05, 3.63) is 34.5 Å². The average Bonchev–Trinajstić information content (AvgIpc) is 2.37. The molecule has 2 N–H and O–H groups in total. The highest BCUT2D eigenvalue weighted by Crippen LogP contribution is 2.32. The molecule has 1 aliphatic rings. The van der Waals surface area contributed by atoms with Crippen LogP contribution in [-0.2, 0) is 6.54 Å². The van der Waals surface area contributed by atoms with E-state index in [9.17, 15) is 0 Å². The van der Waals surface area contributed by atoms with E-state index in [0.717, 1.165) is 30.9 Å². The second-order valence-corrected chi connectivity index (χ2v) is 6.44. The first kappa shape index (κ1) is 14.4. The van der Waals surface area contributed by atoms with Crippen molar-refractivity contribution in [1.29, 1.82) is 0 Å². The van der Waals surface area contributed by atoms with Gasteiger partial charge in [-0.2, -0.15) is 0 Å². The SMILES string of the molecule is CC(C)(C)C1=CCN(c2ncc(CN)cc2Cl)CC1. The Morgan fingerprint density at radius 2 is 2.16 bits per heavy atom. The maximum Gasteiger partial charge on any atom is 0.147 e. The molecule has 0 saturated carbocycles. The molecule has 0 fully saturated rings. The van der Waals surface area contributed by atoms with Crippen LogP contribution in [0.5, 0.6) is 0 Å². The lowest BCUT2D eigenvalue weighted by atomic mass is 9.83. The number of aromatic nitrogens is 1. The number of pyridine rings is 1. The number of nitrogens with zero attached hydrogens (tertiary/aromatic N) is 2. The number of anilines is 1. The summed E-state index contributed by atoms with van der Waals surface area (Å²) in [4.78, 5) is 6.66. The molecule has 0 radical (unpaired) electrons. The van der Waals surface area contributed by atoms with E-state index < -0.39 is 0 Å². The summed E-state index contributed by atoms with van der Waals surface area (Å²) >= 11 is 6.29. The van der Waals surface area contributed by atoms with E-state index in [1.54, 1.807) is 0 Å². The third-order valence-electron chi connectivity index (χ3n) is 3.59. The Balaban J connectivity index is 2.16. The van der Waals surface area contributed by atoms with Crippen LogP contribution < -0.4 is 10.6 Å². The van der Waals surface area contributed by atoms with Gasteiger partial charge in [-0.15, -0.1) is 0 Å². The minimum Gasteiger partial charge on any atom is -0.351 e. The van der Waals surface area contributed by atoms with Crippen molar-refractivity contribution in [2.24, 2.45) is 11.1 Å². The van der Waals surface area contributed by atoms with Crippen LogP contribution in [0.4, 0.5) is 5.82 Å². The first-order valence-corrected chi connectivity index (χ1v) is 7.08. The molecular formula is C15H22ClN3. The smallest absolute Gasteiger partial charge is 0.147 e. The summed E-state index contributed by atoms with van der Waals surface area (Å²) in [6, 6.07) is 1.91. The predicted molar refractivity (Wildman–Crippen MR) is 81.5 cm³/mol. The maximum atomic E-state index is 6.29. The summed E-state index contributed by atoms with van der Waals surface area (Å²) in [6.07, 6.45) is 5.18. The van der Waals surface area contributed by atoms with Crippen molar-refractivity contribution in [1.82, 2.24) is 4.98 Å². The van der Waals surface area contributed by atoms with E-state index in [2.05, 4.69) is 36.7 Å². The van der Waals surface area contributed by atoms with Crippen LogP contribution in [0.15, 0.2) is 23.9 Å². The van der Waals surface area contributed by atoms with Gasteiger partial charge in [0.25, 0.3) is 0 Å². The highest BCUT2D eigenvalue weighted by atomic mass is 35.5. The monoisotopic (exact) mass is 279 g/mol. The molecule has 0 bridgehead atoms. The van der Waals surface area contributed by atoms with Crippen LogP contribution in [0.3, 0.4) is 0 Å². The molecule has 1 aliphatic heterocycles. The van der Waals surface area contributed by atoms with Gasteiger partial charge in [-0.3, -0.25) is 0 Å². The summed E-state index contributed by atoms with van der Waals surface area (Å²) < 4.78 is 0. The standard InChI is InChI=1S/C15H22ClN3/c1-15(2,3)12-4-6-19(7-5-12)14-13(16)8-11(9-17)10-18-14/h4,8,10H,5-7,9,17H2,1-3H3. The van der Waals surface area contributed by atoms with E-state index in [1.165, 1.54) is 5.57 Å². The van der Waals surface area contributed by atoms with Crippen LogP contribution in [-0.4, -0.2) is 18.1 Å². The Bertz CT molecular complexity index is 489. The summed E-state index contributed by atoms with van der Waals surface area (Å²) in [5.41, 5.74) is 8.33. The largest absolute Gasteiger partial charge is 0.351 e. The van der Waals surface area contributed by atoms with E-state index in [1.807, 2.05) is 12.3 Å². The molecule has 3 nitrogen and oxygen atoms in total. The predicted octanol–water partition coefficient (Wildman–Crippen LogP) is 3.38. The number of nitrogens with two attached hydrogens (primary N) is 1. The van der Waals surface area contributed by atoms with Crippen LogP contribution in [0.2, 0.25) is 5.02 Å². The van der Waals surface area contributed by atoms with E-state index in [-0.39, 0.29) is 5.41 Å². The first-order chi connectivity index (χ1) is 8.91. The van der Waals surface area contributed by atoms with Gasteiger partial charge in [-0.05, 0) is 23.5 Å². The lowest BCUT2D eigenvalue weighted by molar-refractivity contribution is 0.472. The Morgan fingerprint density at radius 3 is 2.63 bits per heavy atom. The fraction of sp³-hybridized carbons (Fsp3) is 0.533. The van der Waals surface area contributed by atoms with Gasteiger partial charge in [-0.25, -0.2) is 4.98 Å². The van der Waals surface area contributed by atoms with Crippen LogP contribution in [0.1, 0.15) is 32.8 Å². The Labute approximate surface area is 120 Å². The molecule has 2 rings (SSSR count). The second-order valence-electron chi connectivity index (χ2n) is 6.03. The fourth-order valence-corrected chi connectivity index (χ4v) is 2.67. The van der Waals surface area contributed by atoms with Crippen LogP contribution in [0, 0.1) is 5.41 Å². The summed E-state index contributed by atoms with van der Waals surface area (Å²) in [6.45, 7) is 9.10. The molecule has 0 saturated heterocycles. The summed E-state index contributed by atoms with van der Waals surface area (Å²) in [7, 11) is 0. The van der Waals surface area contributed by atoms with Crippen LogP contribution in [0.25, 0.3) is 0 Å². The van der Waals surface area contributed by atoms with Gasteiger partial charge in [-0.1, -0.05) is 44.0 Å². The normalized spacial score (nSPS) is 16.5. The van der Waals surface area contributed by atoms with Crippen molar-refractivity contribution in [2.75, 3.05) is 18.0 Å². The lowest BCUT2D eigenvalue weighted by Gasteiger charge is -2.33. The summed E-state index contributed by atoms with van der Waals surface area (Å²) in [5, 5.41) is 0.690. The van der Waals surface area contributed by atoms with E-state index in [4.69, 9.17) is 17.3 Å². The van der Waals surface area contributed by atoms with Crippen molar-refractivity contribution in [3.8, 4) is 0 Å². The molecule has 0 unspecified atom stereocenters. The number of hydrogen-bond acceptors (Lipinski definition) is 3. The molecule has 1 aromatic rings. The number of halogens is 1. The Kier molecular flexibility index (Phi) is 4.16. The van der Waals surface area contributed by atoms with Crippen molar-refractivity contribution in [2.45, 2.75) is 33.7 Å². The lowest BCUT2D eigenvalue weighted by Crippen LogP contribution is -2.32. The van der Waals surface area contributed by atoms with Crippen LogP contribution >= 0.6 is 11.6 Å². The summed E-state index contributed by atoms with van der Waals surface area (Å²) in [5.74, 6) is 0.864. The van der Waals surface area contributed by atoms with Gasteiger partial charge >= 0.3 is 0 Å². The molecule has 2 heterocycles. The number of hydrogen-bond donors (Lipinski definition) is 1. The molecule has 104 valence electrons. The maximum absolute atomic E-state index is 6.29. The molecule has 0 aliphatic carbocycles. The van der Waals surface area contributed by atoms with Gasteiger partial charge in [0, 0.05) is 25.8 Å². The topological polar surface area (TPSA) is 42.2 Å². The van der Waals surface area contributed by atoms with Gasteiger partial charge in [0.05, 0.1) is 5.02 Å². The van der Waals surface area contributed by atoms with E-state index in [0.29, 0.717) is 11.6 Å². The quantitative estimate of drug-likeness (QED) is 0.844.